The molecule has 2 N–H and O–H groups in total. The van der Waals surface area contributed by atoms with Crippen molar-refractivity contribution >= 4 is 0 Å². The van der Waals surface area contributed by atoms with Crippen LogP contribution >= 0.6 is 0 Å². The summed E-state index contributed by atoms with van der Waals surface area (Å²) in [6.45, 7) is 3.51. The monoisotopic (exact) mass is 213 g/mol. The number of alkyl halides is 2. The molecule has 0 spiro atoms. The molecule has 0 amide bonds. The largest absolute Gasteiger partial charge is 0.586 e. The van der Waals surface area contributed by atoms with Gasteiger partial charge in [0.1, 0.15) is 0 Å². The number of hydrogen-bond acceptors (Lipinski definition) is 3. The second kappa shape index (κ2) is 3.20. The van der Waals surface area contributed by atoms with Gasteiger partial charge in [-0.25, -0.2) is 0 Å². The van der Waals surface area contributed by atoms with Gasteiger partial charge in [0.15, 0.2) is 11.5 Å². The molecule has 0 saturated carbocycles. The summed E-state index contributed by atoms with van der Waals surface area (Å²) >= 11 is 0. The average molecular weight is 213 g/mol. The van der Waals surface area contributed by atoms with Crippen molar-refractivity contribution in [1.29, 1.82) is 0 Å². The van der Waals surface area contributed by atoms with E-state index in [-0.39, 0.29) is 11.5 Å². The van der Waals surface area contributed by atoms with Crippen LogP contribution in [0.2, 0.25) is 0 Å². The van der Waals surface area contributed by atoms with Gasteiger partial charge < -0.3 is 15.2 Å². The van der Waals surface area contributed by atoms with Gasteiger partial charge in [0.2, 0.25) is 0 Å². The molecular formula is C10H9F2NO2. The third-order valence-electron chi connectivity index (χ3n) is 2.06. The van der Waals surface area contributed by atoms with Crippen LogP contribution in [0.25, 0.3) is 0 Å². The molecule has 15 heavy (non-hydrogen) atoms. The van der Waals surface area contributed by atoms with Gasteiger partial charge in [-0.3, -0.25) is 0 Å². The maximum absolute atomic E-state index is 12.7. The predicted octanol–water partition coefficient (Wildman–Crippen LogP) is 2.19. The third-order valence-corrected chi connectivity index (χ3v) is 2.06. The zero-order chi connectivity index (χ0) is 11.1. The number of halogens is 2. The lowest BCUT2D eigenvalue weighted by molar-refractivity contribution is -0.286. The number of benzene rings is 1. The van der Waals surface area contributed by atoms with Gasteiger partial charge in [0, 0.05) is 6.04 Å². The molecule has 2 rings (SSSR count). The summed E-state index contributed by atoms with van der Waals surface area (Å²) in [5.41, 5.74) is 6.30. The first-order chi connectivity index (χ1) is 7.02. The van der Waals surface area contributed by atoms with E-state index < -0.39 is 12.3 Å². The lowest BCUT2D eigenvalue weighted by Gasteiger charge is -2.06. The standard InChI is InChI=1S/C10H9F2NO2/c1-2-7(13)6-3-4-8-9(5-6)15-10(11,12)14-8/h2-5,7H,1,13H2/t7-/m1/s1. The number of nitrogens with two attached hydrogens (primary N) is 1. The number of fused-ring (bicyclic) bond motifs is 1. The van der Waals surface area contributed by atoms with Crippen molar-refractivity contribution in [2.24, 2.45) is 5.73 Å². The molecular weight excluding hydrogens is 204 g/mol. The summed E-state index contributed by atoms with van der Waals surface area (Å²) in [7, 11) is 0. The topological polar surface area (TPSA) is 44.5 Å². The van der Waals surface area contributed by atoms with Gasteiger partial charge in [0.05, 0.1) is 0 Å². The fourth-order valence-electron chi connectivity index (χ4n) is 1.31. The van der Waals surface area contributed by atoms with Crippen molar-refractivity contribution < 1.29 is 18.3 Å². The molecule has 1 atom stereocenters. The molecule has 80 valence electrons. The van der Waals surface area contributed by atoms with Crippen LogP contribution < -0.4 is 15.2 Å². The lowest BCUT2D eigenvalue weighted by atomic mass is 10.1. The van der Waals surface area contributed by atoms with E-state index in [0.29, 0.717) is 5.56 Å². The molecule has 5 heteroatoms. The lowest BCUT2D eigenvalue weighted by Crippen LogP contribution is -2.25. The van der Waals surface area contributed by atoms with Crippen molar-refractivity contribution in [3.8, 4) is 11.5 Å². The fraction of sp³-hybridized carbons (Fsp3) is 0.200. The summed E-state index contributed by atoms with van der Waals surface area (Å²) in [5, 5.41) is 0. The average Bonchev–Trinajstić information content (AvgIpc) is 2.49. The van der Waals surface area contributed by atoms with Crippen LogP contribution in [0.1, 0.15) is 11.6 Å². The van der Waals surface area contributed by atoms with Crippen LogP contribution in [-0.4, -0.2) is 6.29 Å². The Labute approximate surface area is 85.1 Å². The second-order valence-electron chi connectivity index (χ2n) is 3.14. The Morgan fingerprint density at radius 3 is 2.67 bits per heavy atom. The molecule has 0 bridgehead atoms. The summed E-state index contributed by atoms with van der Waals surface area (Å²) in [6, 6.07) is 4.00. The Kier molecular flexibility index (Phi) is 2.12. The first-order valence-corrected chi connectivity index (χ1v) is 4.30. The Morgan fingerprint density at radius 2 is 2.00 bits per heavy atom. The molecule has 3 nitrogen and oxygen atoms in total. The molecule has 0 unspecified atom stereocenters. The second-order valence-corrected chi connectivity index (χ2v) is 3.14. The highest BCUT2D eigenvalue weighted by Gasteiger charge is 2.43. The van der Waals surface area contributed by atoms with E-state index in [1.807, 2.05) is 0 Å². The first-order valence-electron chi connectivity index (χ1n) is 4.30. The van der Waals surface area contributed by atoms with Crippen molar-refractivity contribution in [2.45, 2.75) is 12.3 Å². The highest BCUT2D eigenvalue weighted by Crippen LogP contribution is 2.41. The zero-order valence-electron chi connectivity index (χ0n) is 7.74. The first kappa shape index (κ1) is 9.92. The van der Waals surface area contributed by atoms with Gasteiger partial charge >= 0.3 is 6.29 Å². The van der Waals surface area contributed by atoms with Gasteiger partial charge in [0.25, 0.3) is 0 Å². The molecule has 0 fully saturated rings. The van der Waals surface area contributed by atoms with Crippen molar-refractivity contribution in [3.63, 3.8) is 0 Å². The maximum atomic E-state index is 12.7. The highest BCUT2D eigenvalue weighted by atomic mass is 19.3. The smallest absolute Gasteiger partial charge is 0.395 e. The summed E-state index contributed by atoms with van der Waals surface area (Å²) in [4.78, 5) is 0. The molecule has 1 aromatic rings. The summed E-state index contributed by atoms with van der Waals surface area (Å²) in [5.74, 6) is 0.00909. The quantitative estimate of drug-likeness (QED) is 0.766. The van der Waals surface area contributed by atoms with Crippen molar-refractivity contribution in [3.05, 3.63) is 36.4 Å². The SMILES string of the molecule is C=C[C@@H](N)c1ccc2c(c1)OC(F)(F)O2. The zero-order valence-corrected chi connectivity index (χ0v) is 7.74. The highest BCUT2D eigenvalue weighted by molar-refractivity contribution is 5.46. The molecule has 1 heterocycles. The van der Waals surface area contributed by atoms with E-state index in [9.17, 15) is 8.78 Å². The summed E-state index contributed by atoms with van der Waals surface area (Å²) in [6.07, 6.45) is -2.07. The summed E-state index contributed by atoms with van der Waals surface area (Å²) < 4.78 is 33.8. The van der Waals surface area contributed by atoms with E-state index in [1.54, 1.807) is 6.07 Å². The number of hydrogen-bond donors (Lipinski definition) is 1. The van der Waals surface area contributed by atoms with Crippen LogP contribution in [0.3, 0.4) is 0 Å². The fourth-order valence-corrected chi connectivity index (χ4v) is 1.31. The van der Waals surface area contributed by atoms with Gasteiger partial charge in [-0.2, -0.15) is 0 Å². The van der Waals surface area contributed by atoms with Crippen LogP contribution in [0.5, 0.6) is 11.5 Å². The number of rotatable bonds is 2. The molecule has 1 aliphatic heterocycles. The minimum absolute atomic E-state index is 0.00481. The third kappa shape index (κ3) is 1.78. The van der Waals surface area contributed by atoms with E-state index in [0.717, 1.165) is 0 Å². The maximum Gasteiger partial charge on any atom is 0.586 e. The van der Waals surface area contributed by atoms with Crippen LogP contribution in [0.4, 0.5) is 8.78 Å². The van der Waals surface area contributed by atoms with E-state index in [2.05, 4.69) is 16.1 Å². The minimum atomic E-state index is -3.58. The van der Waals surface area contributed by atoms with Crippen molar-refractivity contribution in [1.82, 2.24) is 0 Å². The van der Waals surface area contributed by atoms with Crippen LogP contribution in [0, 0.1) is 0 Å². The van der Waals surface area contributed by atoms with E-state index in [4.69, 9.17) is 5.73 Å². The normalized spacial score (nSPS) is 18.6. The molecule has 0 aromatic heterocycles. The minimum Gasteiger partial charge on any atom is -0.395 e. The van der Waals surface area contributed by atoms with Gasteiger partial charge in [-0.1, -0.05) is 12.1 Å². The van der Waals surface area contributed by atoms with Gasteiger partial charge in [-0.05, 0) is 17.7 Å². The Bertz CT molecular complexity index is 406. The Hall–Kier alpha value is -1.62. The van der Waals surface area contributed by atoms with E-state index >= 15 is 0 Å². The van der Waals surface area contributed by atoms with Crippen LogP contribution in [0.15, 0.2) is 30.9 Å². The van der Waals surface area contributed by atoms with Crippen LogP contribution in [-0.2, 0) is 0 Å². The molecule has 0 radical (unpaired) electrons. The molecule has 0 saturated heterocycles. The van der Waals surface area contributed by atoms with Gasteiger partial charge in [-0.15, -0.1) is 15.4 Å². The molecule has 1 aromatic carbocycles. The molecule has 0 aliphatic carbocycles. The number of ether oxygens (including phenoxy) is 2. The molecule has 1 aliphatic rings. The Balaban J connectivity index is 2.34. The van der Waals surface area contributed by atoms with Crippen molar-refractivity contribution in [2.75, 3.05) is 0 Å². The van der Waals surface area contributed by atoms with E-state index in [1.165, 1.54) is 18.2 Å². The predicted molar refractivity (Wildman–Crippen MR) is 49.8 cm³/mol. The Morgan fingerprint density at radius 1 is 1.33 bits per heavy atom.